The second kappa shape index (κ2) is 6.03. The third-order valence-corrected chi connectivity index (χ3v) is 4.22. The molecule has 0 unspecified atom stereocenters. The average Bonchev–Trinajstić information content (AvgIpc) is 2.78. The van der Waals surface area contributed by atoms with Gasteiger partial charge in [0.25, 0.3) is 5.91 Å². The minimum absolute atomic E-state index is 0.104. The molecule has 0 radical (unpaired) electrons. The van der Waals surface area contributed by atoms with Crippen LogP contribution in [0.25, 0.3) is 0 Å². The first-order valence-electron chi connectivity index (χ1n) is 6.25. The molecule has 0 aromatic carbocycles. The molecule has 1 saturated carbocycles. The Morgan fingerprint density at radius 3 is 2.94 bits per heavy atom. The third kappa shape index (κ3) is 3.12. The van der Waals surface area contributed by atoms with E-state index in [0.717, 1.165) is 16.3 Å². The van der Waals surface area contributed by atoms with Crippen molar-refractivity contribution in [1.29, 1.82) is 0 Å². The SMILES string of the molecule is CN(CC1CCC1)C(=O)c1ccc(C#CCN)s1. The maximum Gasteiger partial charge on any atom is 0.263 e. The molecule has 0 spiro atoms. The van der Waals surface area contributed by atoms with E-state index < -0.39 is 0 Å². The molecule has 0 saturated heterocycles. The van der Waals surface area contributed by atoms with Crippen LogP contribution < -0.4 is 5.73 Å². The van der Waals surface area contributed by atoms with Crippen LogP contribution >= 0.6 is 11.3 Å². The molecule has 18 heavy (non-hydrogen) atoms. The highest BCUT2D eigenvalue weighted by atomic mass is 32.1. The van der Waals surface area contributed by atoms with Gasteiger partial charge in [0.05, 0.1) is 16.3 Å². The standard InChI is InChI=1S/C14H18N2OS/c1-16(10-11-4-2-5-11)14(17)13-8-7-12(18-13)6-3-9-15/h7-8,11H,2,4-5,9-10,15H2,1H3. The lowest BCUT2D eigenvalue weighted by molar-refractivity contribution is 0.0750. The van der Waals surface area contributed by atoms with E-state index in [0.29, 0.717) is 12.5 Å². The van der Waals surface area contributed by atoms with Gasteiger partial charge in [-0.1, -0.05) is 18.3 Å². The van der Waals surface area contributed by atoms with Crippen LogP contribution in [0.5, 0.6) is 0 Å². The summed E-state index contributed by atoms with van der Waals surface area (Å²) in [6, 6.07) is 3.74. The molecule has 96 valence electrons. The number of hydrogen-bond acceptors (Lipinski definition) is 3. The minimum atomic E-state index is 0.104. The predicted molar refractivity (Wildman–Crippen MR) is 74.6 cm³/mol. The predicted octanol–water partition coefficient (Wildman–Crippen LogP) is 1.93. The molecule has 2 N–H and O–H groups in total. The van der Waals surface area contributed by atoms with E-state index in [-0.39, 0.29) is 5.91 Å². The Labute approximate surface area is 112 Å². The number of carbonyl (C=O) groups is 1. The molecule has 4 heteroatoms. The quantitative estimate of drug-likeness (QED) is 0.846. The highest BCUT2D eigenvalue weighted by Gasteiger charge is 2.22. The topological polar surface area (TPSA) is 46.3 Å². The number of rotatable bonds is 3. The van der Waals surface area contributed by atoms with Crippen molar-refractivity contribution < 1.29 is 4.79 Å². The number of nitrogens with two attached hydrogens (primary N) is 1. The smallest absolute Gasteiger partial charge is 0.263 e. The monoisotopic (exact) mass is 262 g/mol. The summed E-state index contributed by atoms with van der Waals surface area (Å²) in [5.41, 5.74) is 5.32. The van der Waals surface area contributed by atoms with Crippen molar-refractivity contribution in [3.8, 4) is 11.8 Å². The second-order valence-electron chi connectivity index (χ2n) is 4.65. The van der Waals surface area contributed by atoms with Crippen LogP contribution in [0.1, 0.15) is 33.8 Å². The van der Waals surface area contributed by atoms with Gasteiger partial charge in [-0.05, 0) is 30.9 Å². The number of nitrogens with zero attached hydrogens (tertiary/aromatic N) is 1. The Morgan fingerprint density at radius 1 is 1.56 bits per heavy atom. The van der Waals surface area contributed by atoms with Gasteiger partial charge in [-0.2, -0.15) is 0 Å². The van der Waals surface area contributed by atoms with Gasteiger partial charge in [0, 0.05) is 13.6 Å². The Balaban J connectivity index is 1.96. The normalized spacial score (nSPS) is 14.6. The van der Waals surface area contributed by atoms with Crippen LogP contribution in [-0.4, -0.2) is 30.9 Å². The summed E-state index contributed by atoms with van der Waals surface area (Å²) in [4.78, 5) is 15.7. The first kappa shape index (κ1) is 13.1. The average molecular weight is 262 g/mol. The second-order valence-corrected chi connectivity index (χ2v) is 5.74. The van der Waals surface area contributed by atoms with Crippen LogP contribution in [-0.2, 0) is 0 Å². The third-order valence-electron chi connectivity index (χ3n) is 3.23. The van der Waals surface area contributed by atoms with Crippen molar-refractivity contribution in [2.75, 3.05) is 20.1 Å². The molecule has 1 aromatic heterocycles. The Bertz CT molecular complexity index is 479. The van der Waals surface area contributed by atoms with Crippen LogP contribution in [0.2, 0.25) is 0 Å². The summed E-state index contributed by atoms with van der Waals surface area (Å²) in [7, 11) is 1.88. The van der Waals surface area contributed by atoms with Crippen molar-refractivity contribution >= 4 is 17.2 Å². The van der Waals surface area contributed by atoms with Crippen molar-refractivity contribution in [3.63, 3.8) is 0 Å². The number of amides is 1. The fraction of sp³-hybridized carbons (Fsp3) is 0.500. The van der Waals surface area contributed by atoms with Gasteiger partial charge < -0.3 is 10.6 Å². The summed E-state index contributed by atoms with van der Waals surface area (Å²) >= 11 is 1.44. The Morgan fingerprint density at radius 2 is 2.33 bits per heavy atom. The first-order valence-corrected chi connectivity index (χ1v) is 7.06. The molecule has 1 aliphatic carbocycles. The summed E-state index contributed by atoms with van der Waals surface area (Å²) in [6.07, 6.45) is 3.83. The minimum Gasteiger partial charge on any atom is -0.341 e. The van der Waals surface area contributed by atoms with Crippen molar-refractivity contribution in [2.24, 2.45) is 11.7 Å². The first-order chi connectivity index (χ1) is 8.70. The van der Waals surface area contributed by atoms with E-state index in [1.165, 1.54) is 30.6 Å². The lowest BCUT2D eigenvalue weighted by Crippen LogP contribution is -2.33. The maximum absolute atomic E-state index is 12.2. The molecule has 1 fully saturated rings. The Kier molecular flexibility index (Phi) is 4.40. The van der Waals surface area contributed by atoms with Crippen LogP contribution in [0.15, 0.2) is 12.1 Å². The zero-order valence-electron chi connectivity index (χ0n) is 10.6. The van der Waals surface area contributed by atoms with Gasteiger partial charge in [0.2, 0.25) is 0 Å². The maximum atomic E-state index is 12.2. The van der Waals surface area contributed by atoms with Crippen molar-refractivity contribution in [2.45, 2.75) is 19.3 Å². The van der Waals surface area contributed by atoms with E-state index >= 15 is 0 Å². The number of hydrogen-bond donors (Lipinski definition) is 1. The zero-order valence-corrected chi connectivity index (χ0v) is 11.4. The van der Waals surface area contributed by atoms with Crippen molar-refractivity contribution in [3.05, 3.63) is 21.9 Å². The molecule has 0 aliphatic heterocycles. The summed E-state index contributed by atoms with van der Waals surface area (Å²) in [6.45, 7) is 1.23. The van der Waals surface area contributed by atoms with E-state index in [1.807, 2.05) is 24.1 Å². The molecule has 1 heterocycles. The van der Waals surface area contributed by atoms with E-state index in [4.69, 9.17) is 5.73 Å². The number of carbonyl (C=O) groups excluding carboxylic acids is 1. The highest BCUT2D eigenvalue weighted by molar-refractivity contribution is 7.14. The van der Waals surface area contributed by atoms with Gasteiger partial charge >= 0.3 is 0 Å². The van der Waals surface area contributed by atoms with Crippen LogP contribution in [0.3, 0.4) is 0 Å². The molecule has 1 amide bonds. The molecule has 2 rings (SSSR count). The summed E-state index contributed by atoms with van der Waals surface area (Å²) < 4.78 is 0. The molecule has 1 aromatic rings. The Hall–Kier alpha value is -1.31. The fourth-order valence-electron chi connectivity index (χ4n) is 1.99. The van der Waals surface area contributed by atoms with Gasteiger partial charge in [0.1, 0.15) is 0 Å². The lowest BCUT2D eigenvalue weighted by atomic mass is 9.85. The lowest BCUT2D eigenvalue weighted by Gasteiger charge is -2.29. The molecular weight excluding hydrogens is 244 g/mol. The number of thiophene rings is 1. The van der Waals surface area contributed by atoms with Gasteiger partial charge in [0.15, 0.2) is 0 Å². The highest BCUT2D eigenvalue weighted by Crippen LogP contribution is 2.27. The molecular formula is C14H18N2OS. The van der Waals surface area contributed by atoms with Crippen LogP contribution in [0, 0.1) is 17.8 Å². The molecule has 0 bridgehead atoms. The molecule has 0 atom stereocenters. The van der Waals surface area contributed by atoms with Crippen LogP contribution in [0.4, 0.5) is 0 Å². The fourth-order valence-corrected chi connectivity index (χ4v) is 2.87. The summed E-state index contributed by atoms with van der Waals surface area (Å²) in [5, 5.41) is 0. The van der Waals surface area contributed by atoms with E-state index in [2.05, 4.69) is 11.8 Å². The van der Waals surface area contributed by atoms with E-state index in [9.17, 15) is 4.79 Å². The van der Waals surface area contributed by atoms with Crippen molar-refractivity contribution in [1.82, 2.24) is 4.90 Å². The largest absolute Gasteiger partial charge is 0.341 e. The summed E-state index contributed by atoms with van der Waals surface area (Å²) in [5.74, 6) is 6.56. The van der Waals surface area contributed by atoms with E-state index in [1.54, 1.807) is 0 Å². The van der Waals surface area contributed by atoms with Gasteiger partial charge in [-0.15, -0.1) is 11.3 Å². The molecule has 3 nitrogen and oxygen atoms in total. The van der Waals surface area contributed by atoms with Gasteiger partial charge in [-0.25, -0.2) is 0 Å². The molecule has 1 aliphatic rings. The zero-order chi connectivity index (χ0) is 13.0. The van der Waals surface area contributed by atoms with Gasteiger partial charge in [-0.3, -0.25) is 4.79 Å².